The van der Waals surface area contributed by atoms with E-state index in [1.807, 2.05) is 20.8 Å². The minimum Gasteiger partial charge on any atom is -0.388 e. The predicted octanol–water partition coefficient (Wildman–Crippen LogP) is 2.84. The smallest absolute Gasteiger partial charge is 0.220 e. The predicted molar refractivity (Wildman–Crippen MR) is 82.6 cm³/mol. The molecule has 0 heterocycles. The van der Waals surface area contributed by atoms with Gasteiger partial charge in [0.1, 0.15) is 0 Å². The van der Waals surface area contributed by atoms with Gasteiger partial charge in [-0.1, -0.05) is 50.1 Å². The molecule has 20 heavy (non-hydrogen) atoms. The zero-order chi connectivity index (χ0) is 15.2. The number of rotatable bonds is 7. The van der Waals surface area contributed by atoms with E-state index in [-0.39, 0.29) is 11.8 Å². The molecular formula is C17H27NO2. The van der Waals surface area contributed by atoms with E-state index < -0.39 is 5.60 Å². The quantitative estimate of drug-likeness (QED) is 0.805. The van der Waals surface area contributed by atoms with Crippen LogP contribution in [0.1, 0.15) is 44.7 Å². The summed E-state index contributed by atoms with van der Waals surface area (Å²) in [4.78, 5) is 11.8. The van der Waals surface area contributed by atoms with Crippen molar-refractivity contribution in [3.05, 3.63) is 35.4 Å². The second-order valence-electron chi connectivity index (χ2n) is 5.93. The highest BCUT2D eigenvalue weighted by Crippen LogP contribution is 2.18. The first-order valence-corrected chi connectivity index (χ1v) is 7.39. The average Bonchev–Trinajstić information content (AvgIpc) is 2.43. The lowest BCUT2D eigenvalue weighted by molar-refractivity contribution is -0.122. The first kappa shape index (κ1) is 16.7. The molecule has 2 unspecified atom stereocenters. The summed E-state index contributed by atoms with van der Waals surface area (Å²) in [6.07, 6.45) is 2.09. The van der Waals surface area contributed by atoms with Crippen molar-refractivity contribution >= 4 is 5.91 Å². The minimum atomic E-state index is -0.839. The third kappa shape index (κ3) is 5.33. The highest BCUT2D eigenvalue weighted by atomic mass is 16.3. The Balaban J connectivity index is 2.35. The van der Waals surface area contributed by atoms with Gasteiger partial charge in [-0.3, -0.25) is 4.79 Å². The summed E-state index contributed by atoms with van der Waals surface area (Å²) < 4.78 is 0. The first-order chi connectivity index (χ1) is 9.35. The van der Waals surface area contributed by atoms with Gasteiger partial charge in [-0.05, 0) is 31.7 Å². The molecule has 0 aliphatic carbocycles. The fraction of sp³-hybridized carbons (Fsp3) is 0.588. The van der Waals surface area contributed by atoms with E-state index in [4.69, 9.17) is 0 Å². The first-order valence-electron chi connectivity index (χ1n) is 7.39. The van der Waals surface area contributed by atoms with E-state index in [9.17, 15) is 9.90 Å². The fourth-order valence-electron chi connectivity index (χ4n) is 1.99. The molecule has 2 atom stereocenters. The molecule has 0 aromatic heterocycles. The maximum absolute atomic E-state index is 11.8. The van der Waals surface area contributed by atoms with Crippen molar-refractivity contribution < 1.29 is 9.90 Å². The van der Waals surface area contributed by atoms with Gasteiger partial charge in [0, 0.05) is 13.0 Å². The highest BCUT2D eigenvalue weighted by molar-refractivity contribution is 5.76. The maximum Gasteiger partial charge on any atom is 0.220 e. The number of carbonyl (C=O) groups excluding carboxylic acids is 1. The summed E-state index contributed by atoms with van der Waals surface area (Å²) in [6.45, 7) is 8.18. The van der Waals surface area contributed by atoms with Crippen LogP contribution in [0.3, 0.4) is 0 Å². The van der Waals surface area contributed by atoms with Crippen LogP contribution >= 0.6 is 0 Å². The number of aryl methyl sites for hydroxylation is 2. The van der Waals surface area contributed by atoms with Gasteiger partial charge in [-0.15, -0.1) is 0 Å². The van der Waals surface area contributed by atoms with Crippen LogP contribution in [0, 0.1) is 12.8 Å². The lowest BCUT2D eigenvalue weighted by atomic mass is 9.88. The molecule has 0 bridgehead atoms. The molecular weight excluding hydrogens is 250 g/mol. The number of hydrogen-bond acceptors (Lipinski definition) is 2. The molecule has 112 valence electrons. The monoisotopic (exact) mass is 277 g/mol. The highest BCUT2D eigenvalue weighted by Gasteiger charge is 2.27. The van der Waals surface area contributed by atoms with Crippen LogP contribution in [-0.2, 0) is 11.2 Å². The molecule has 3 nitrogen and oxygen atoms in total. The van der Waals surface area contributed by atoms with Gasteiger partial charge >= 0.3 is 0 Å². The molecule has 1 aromatic rings. The van der Waals surface area contributed by atoms with Crippen molar-refractivity contribution in [2.75, 3.05) is 6.54 Å². The largest absolute Gasteiger partial charge is 0.388 e. The van der Waals surface area contributed by atoms with E-state index in [1.54, 1.807) is 6.92 Å². The van der Waals surface area contributed by atoms with Gasteiger partial charge in [0.25, 0.3) is 0 Å². The van der Waals surface area contributed by atoms with E-state index >= 15 is 0 Å². The normalized spacial score (nSPS) is 15.4. The third-order valence-corrected chi connectivity index (χ3v) is 4.08. The van der Waals surface area contributed by atoms with Crippen molar-refractivity contribution in [1.29, 1.82) is 0 Å². The Morgan fingerprint density at radius 3 is 2.50 bits per heavy atom. The Kier molecular flexibility index (Phi) is 6.21. The van der Waals surface area contributed by atoms with Crippen molar-refractivity contribution in [3.63, 3.8) is 0 Å². The second-order valence-corrected chi connectivity index (χ2v) is 5.93. The number of nitrogens with one attached hydrogen (secondary N) is 1. The van der Waals surface area contributed by atoms with E-state index in [0.717, 1.165) is 12.8 Å². The number of aliphatic hydroxyl groups is 1. The van der Waals surface area contributed by atoms with Gasteiger partial charge < -0.3 is 10.4 Å². The van der Waals surface area contributed by atoms with Crippen LogP contribution in [0.4, 0.5) is 0 Å². The summed E-state index contributed by atoms with van der Waals surface area (Å²) >= 11 is 0. The van der Waals surface area contributed by atoms with Crippen molar-refractivity contribution in [2.24, 2.45) is 5.92 Å². The Bertz CT molecular complexity index is 423. The average molecular weight is 277 g/mol. The molecule has 0 spiro atoms. The van der Waals surface area contributed by atoms with Crippen LogP contribution in [0.25, 0.3) is 0 Å². The number of carbonyl (C=O) groups is 1. The van der Waals surface area contributed by atoms with Gasteiger partial charge in [-0.25, -0.2) is 0 Å². The Hall–Kier alpha value is -1.35. The van der Waals surface area contributed by atoms with E-state index in [2.05, 4.69) is 29.6 Å². The number of hydrogen-bond donors (Lipinski definition) is 2. The van der Waals surface area contributed by atoms with Crippen LogP contribution in [0.15, 0.2) is 24.3 Å². The SMILES string of the molecule is CCC(C)C(C)(O)CNC(=O)CCc1ccc(C)cc1. The maximum atomic E-state index is 11.8. The molecule has 0 saturated heterocycles. The van der Waals surface area contributed by atoms with Gasteiger partial charge in [-0.2, -0.15) is 0 Å². The van der Waals surface area contributed by atoms with E-state index in [1.165, 1.54) is 11.1 Å². The number of benzene rings is 1. The standard InChI is InChI=1S/C17H27NO2/c1-5-14(3)17(4,20)12-18-16(19)11-10-15-8-6-13(2)7-9-15/h6-9,14,20H,5,10-12H2,1-4H3,(H,18,19). The Morgan fingerprint density at radius 2 is 1.95 bits per heavy atom. The number of amides is 1. The zero-order valence-corrected chi connectivity index (χ0v) is 13.1. The molecule has 0 fully saturated rings. The summed E-state index contributed by atoms with van der Waals surface area (Å²) in [5.41, 5.74) is 1.55. The molecule has 0 radical (unpaired) electrons. The molecule has 2 N–H and O–H groups in total. The molecule has 1 rings (SSSR count). The lowest BCUT2D eigenvalue weighted by Crippen LogP contribution is -2.45. The van der Waals surface area contributed by atoms with Gasteiger partial charge in [0.2, 0.25) is 5.91 Å². The van der Waals surface area contributed by atoms with E-state index in [0.29, 0.717) is 13.0 Å². The molecule has 1 aromatic carbocycles. The summed E-state index contributed by atoms with van der Waals surface area (Å²) in [7, 11) is 0. The lowest BCUT2D eigenvalue weighted by Gasteiger charge is -2.29. The Labute approximate surface area is 122 Å². The third-order valence-electron chi connectivity index (χ3n) is 4.08. The van der Waals surface area contributed by atoms with Gasteiger partial charge in [0.15, 0.2) is 0 Å². The van der Waals surface area contributed by atoms with Crippen molar-refractivity contribution in [1.82, 2.24) is 5.32 Å². The molecule has 1 amide bonds. The van der Waals surface area contributed by atoms with Crippen LogP contribution in [-0.4, -0.2) is 23.2 Å². The zero-order valence-electron chi connectivity index (χ0n) is 13.1. The van der Waals surface area contributed by atoms with Crippen molar-refractivity contribution in [2.45, 2.75) is 52.6 Å². The molecule has 0 saturated carbocycles. The second kappa shape index (κ2) is 7.44. The van der Waals surface area contributed by atoms with Gasteiger partial charge in [0.05, 0.1) is 5.60 Å². The van der Waals surface area contributed by atoms with Crippen LogP contribution in [0.5, 0.6) is 0 Å². The molecule has 0 aliphatic heterocycles. The minimum absolute atomic E-state index is 0.00541. The summed E-state index contributed by atoms with van der Waals surface area (Å²) in [5, 5.41) is 13.1. The summed E-state index contributed by atoms with van der Waals surface area (Å²) in [6, 6.07) is 8.22. The molecule has 3 heteroatoms. The molecule has 0 aliphatic rings. The van der Waals surface area contributed by atoms with Crippen LogP contribution < -0.4 is 5.32 Å². The fourth-order valence-corrected chi connectivity index (χ4v) is 1.99. The van der Waals surface area contributed by atoms with Crippen LogP contribution in [0.2, 0.25) is 0 Å². The summed E-state index contributed by atoms with van der Waals surface area (Å²) in [5.74, 6) is 0.161. The van der Waals surface area contributed by atoms with Crippen molar-refractivity contribution in [3.8, 4) is 0 Å². The Morgan fingerprint density at radius 1 is 1.35 bits per heavy atom. The topological polar surface area (TPSA) is 49.3 Å².